The lowest BCUT2D eigenvalue weighted by Crippen LogP contribution is -2.29. The molecule has 1 amide bonds. The van der Waals surface area contributed by atoms with Gasteiger partial charge in [0.2, 0.25) is 0 Å². The molecule has 0 aliphatic rings. The Kier molecular flexibility index (Phi) is 4.58. The molecule has 2 aromatic carbocycles. The minimum Gasteiger partial charge on any atom is -0.508 e. The first-order chi connectivity index (χ1) is 9.20. The zero-order valence-electron chi connectivity index (χ0n) is 10.2. The van der Waals surface area contributed by atoms with Crippen LogP contribution in [0.1, 0.15) is 22.0 Å². The summed E-state index contributed by atoms with van der Waals surface area (Å²) in [6, 6.07) is 15.9. The van der Waals surface area contributed by atoms with E-state index in [1.807, 2.05) is 30.3 Å². The van der Waals surface area contributed by atoms with Gasteiger partial charge in [0.25, 0.3) is 5.91 Å². The third-order valence-corrected chi connectivity index (χ3v) is 3.42. The summed E-state index contributed by atoms with van der Waals surface area (Å²) in [5.41, 5.74) is 1.48. The molecule has 2 rings (SSSR count). The molecule has 0 aromatic heterocycles. The molecule has 0 radical (unpaired) electrons. The van der Waals surface area contributed by atoms with Crippen molar-refractivity contribution in [2.24, 2.45) is 0 Å². The van der Waals surface area contributed by atoms with Crippen LogP contribution in [0.15, 0.2) is 54.6 Å². The molecule has 0 aliphatic heterocycles. The first kappa shape index (κ1) is 13.6. The van der Waals surface area contributed by atoms with Gasteiger partial charge in [0, 0.05) is 10.9 Å². The number of aromatic hydroxyl groups is 1. The van der Waals surface area contributed by atoms with E-state index in [0.29, 0.717) is 10.9 Å². The summed E-state index contributed by atoms with van der Waals surface area (Å²) in [6.45, 7) is 0. The highest BCUT2D eigenvalue weighted by molar-refractivity contribution is 9.09. The van der Waals surface area contributed by atoms with E-state index in [2.05, 4.69) is 21.2 Å². The number of alkyl halides is 1. The maximum Gasteiger partial charge on any atom is 0.251 e. The van der Waals surface area contributed by atoms with E-state index in [-0.39, 0.29) is 17.7 Å². The van der Waals surface area contributed by atoms with Crippen molar-refractivity contribution in [3.8, 4) is 5.75 Å². The highest BCUT2D eigenvalue weighted by Gasteiger charge is 2.14. The van der Waals surface area contributed by atoms with E-state index in [1.54, 1.807) is 12.1 Å². The van der Waals surface area contributed by atoms with Gasteiger partial charge in [-0.15, -0.1) is 0 Å². The Labute approximate surface area is 120 Å². The largest absolute Gasteiger partial charge is 0.508 e. The Hall–Kier alpha value is -1.81. The molecular weight excluding hydrogens is 306 g/mol. The summed E-state index contributed by atoms with van der Waals surface area (Å²) >= 11 is 3.40. The summed E-state index contributed by atoms with van der Waals surface area (Å²) in [7, 11) is 0. The molecule has 98 valence electrons. The number of rotatable bonds is 4. The predicted molar refractivity (Wildman–Crippen MR) is 78.6 cm³/mol. The molecule has 2 N–H and O–H groups in total. The summed E-state index contributed by atoms with van der Waals surface area (Å²) in [6.07, 6.45) is 0. The molecule has 0 heterocycles. The van der Waals surface area contributed by atoms with Crippen molar-refractivity contribution in [1.29, 1.82) is 0 Å². The number of nitrogens with one attached hydrogen (secondary N) is 1. The lowest BCUT2D eigenvalue weighted by molar-refractivity contribution is 0.0940. The summed E-state index contributed by atoms with van der Waals surface area (Å²) < 4.78 is 0. The molecule has 0 spiro atoms. The molecule has 2 aromatic rings. The quantitative estimate of drug-likeness (QED) is 0.850. The van der Waals surface area contributed by atoms with Crippen LogP contribution in [0.2, 0.25) is 0 Å². The van der Waals surface area contributed by atoms with Crippen molar-refractivity contribution in [1.82, 2.24) is 5.32 Å². The van der Waals surface area contributed by atoms with Gasteiger partial charge in [0.15, 0.2) is 0 Å². The van der Waals surface area contributed by atoms with Crippen molar-refractivity contribution in [2.75, 3.05) is 5.33 Å². The van der Waals surface area contributed by atoms with Gasteiger partial charge in [0.05, 0.1) is 6.04 Å². The van der Waals surface area contributed by atoms with Crippen LogP contribution in [-0.4, -0.2) is 16.3 Å². The van der Waals surface area contributed by atoms with E-state index in [4.69, 9.17) is 0 Å². The van der Waals surface area contributed by atoms with Crippen molar-refractivity contribution in [3.05, 3.63) is 65.7 Å². The van der Waals surface area contributed by atoms with E-state index in [9.17, 15) is 9.90 Å². The highest BCUT2D eigenvalue weighted by atomic mass is 79.9. The van der Waals surface area contributed by atoms with Crippen molar-refractivity contribution in [3.63, 3.8) is 0 Å². The second-order valence-electron chi connectivity index (χ2n) is 4.14. The van der Waals surface area contributed by atoms with Gasteiger partial charge < -0.3 is 10.4 Å². The first-order valence-corrected chi connectivity index (χ1v) is 7.03. The highest BCUT2D eigenvalue weighted by Crippen LogP contribution is 2.17. The van der Waals surface area contributed by atoms with Crippen LogP contribution in [0.25, 0.3) is 0 Å². The zero-order chi connectivity index (χ0) is 13.7. The van der Waals surface area contributed by atoms with Gasteiger partial charge >= 0.3 is 0 Å². The number of carbonyl (C=O) groups excluding carboxylic acids is 1. The minimum atomic E-state index is -0.204. The molecule has 1 unspecified atom stereocenters. The number of hydrogen-bond donors (Lipinski definition) is 2. The van der Waals surface area contributed by atoms with Crippen LogP contribution in [-0.2, 0) is 0 Å². The van der Waals surface area contributed by atoms with E-state index in [1.165, 1.54) is 12.1 Å². The maximum absolute atomic E-state index is 12.1. The fourth-order valence-electron chi connectivity index (χ4n) is 1.79. The minimum absolute atomic E-state index is 0.0859. The lowest BCUT2D eigenvalue weighted by Gasteiger charge is -2.16. The normalized spacial score (nSPS) is 11.8. The third-order valence-electron chi connectivity index (χ3n) is 2.77. The van der Waals surface area contributed by atoms with Gasteiger partial charge in [-0.1, -0.05) is 52.3 Å². The van der Waals surface area contributed by atoms with Crippen molar-refractivity contribution in [2.45, 2.75) is 6.04 Å². The molecule has 4 heteroatoms. The molecule has 0 saturated carbocycles. The smallest absolute Gasteiger partial charge is 0.251 e. The van der Waals surface area contributed by atoms with Gasteiger partial charge in [-0.25, -0.2) is 0 Å². The van der Waals surface area contributed by atoms with Crippen LogP contribution in [0, 0.1) is 0 Å². The molecule has 0 bridgehead atoms. The molecule has 3 nitrogen and oxygen atoms in total. The number of phenols is 1. The monoisotopic (exact) mass is 319 g/mol. The molecule has 0 aliphatic carbocycles. The number of benzene rings is 2. The summed E-state index contributed by atoms with van der Waals surface area (Å²) in [4.78, 5) is 12.1. The first-order valence-electron chi connectivity index (χ1n) is 5.91. The SMILES string of the molecule is O=C(NC(CBr)c1ccccc1)c1cccc(O)c1. The number of carbonyl (C=O) groups is 1. The fraction of sp³-hybridized carbons (Fsp3) is 0.133. The topological polar surface area (TPSA) is 49.3 Å². The van der Waals surface area contributed by atoms with E-state index >= 15 is 0 Å². The number of phenolic OH excluding ortho intramolecular Hbond substituents is 1. The lowest BCUT2D eigenvalue weighted by atomic mass is 10.1. The van der Waals surface area contributed by atoms with Crippen LogP contribution in [0.5, 0.6) is 5.75 Å². The molecule has 19 heavy (non-hydrogen) atoms. The van der Waals surface area contributed by atoms with Gasteiger partial charge in [0.1, 0.15) is 5.75 Å². The average molecular weight is 320 g/mol. The van der Waals surface area contributed by atoms with Gasteiger partial charge in [-0.3, -0.25) is 4.79 Å². The summed E-state index contributed by atoms with van der Waals surface area (Å²) in [5, 5.41) is 12.9. The van der Waals surface area contributed by atoms with Gasteiger partial charge in [-0.05, 0) is 23.8 Å². The fourth-order valence-corrected chi connectivity index (χ4v) is 2.32. The molecule has 0 saturated heterocycles. The van der Waals surface area contributed by atoms with E-state index < -0.39 is 0 Å². The Morgan fingerprint density at radius 3 is 2.53 bits per heavy atom. The Balaban J connectivity index is 2.13. The molecular formula is C15H14BrNO2. The second-order valence-corrected chi connectivity index (χ2v) is 4.79. The van der Waals surface area contributed by atoms with Crippen molar-refractivity contribution >= 4 is 21.8 Å². The maximum atomic E-state index is 12.1. The van der Waals surface area contributed by atoms with Crippen LogP contribution >= 0.6 is 15.9 Å². The van der Waals surface area contributed by atoms with E-state index in [0.717, 1.165) is 5.56 Å². The Morgan fingerprint density at radius 1 is 1.16 bits per heavy atom. The Bertz CT molecular complexity index is 557. The molecule has 1 atom stereocenters. The van der Waals surface area contributed by atoms with Crippen LogP contribution in [0.3, 0.4) is 0 Å². The van der Waals surface area contributed by atoms with Gasteiger partial charge in [-0.2, -0.15) is 0 Å². The Morgan fingerprint density at radius 2 is 1.89 bits per heavy atom. The third kappa shape index (κ3) is 3.58. The van der Waals surface area contributed by atoms with Crippen LogP contribution in [0.4, 0.5) is 0 Å². The number of hydrogen-bond acceptors (Lipinski definition) is 2. The number of halogens is 1. The molecule has 0 fully saturated rings. The zero-order valence-corrected chi connectivity index (χ0v) is 11.8. The predicted octanol–water partition coefficient (Wildman–Crippen LogP) is 3.26. The summed E-state index contributed by atoms with van der Waals surface area (Å²) in [5.74, 6) is -0.119. The average Bonchev–Trinajstić information content (AvgIpc) is 2.45. The number of amides is 1. The van der Waals surface area contributed by atoms with Crippen LogP contribution < -0.4 is 5.32 Å². The standard InChI is InChI=1S/C15H14BrNO2/c16-10-14(11-5-2-1-3-6-11)17-15(19)12-7-4-8-13(18)9-12/h1-9,14,18H,10H2,(H,17,19). The second kappa shape index (κ2) is 6.38. The van der Waals surface area contributed by atoms with Crippen molar-refractivity contribution < 1.29 is 9.90 Å².